The Labute approximate surface area is 113 Å². The quantitative estimate of drug-likeness (QED) is 0.813. The molecule has 0 fully saturated rings. The first kappa shape index (κ1) is 13.5. The first-order valence-electron chi connectivity index (χ1n) is 6.32. The number of hydrogen-bond acceptors (Lipinski definition) is 3. The summed E-state index contributed by atoms with van der Waals surface area (Å²) in [5.41, 5.74) is 5.84. The van der Waals surface area contributed by atoms with Crippen molar-refractivity contribution >= 4 is 17.5 Å². The molecule has 2 rings (SSSR count). The van der Waals surface area contributed by atoms with Crippen molar-refractivity contribution < 1.29 is 9.59 Å². The van der Waals surface area contributed by atoms with Crippen LogP contribution in [0, 0.1) is 0 Å². The normalized spacial score (nSPS) is 13.9. The van der Waals surface area contributed by atoms with Gasteiger partial charge < -0.3 is 4.90 Å². The molecule has 0 saturated carbocycles. The van der Waals surface area contributed by atoms with Crippen LogP contribution in [0.3, 0.4) is 0 Å². The number of nitrogens with one attached hydrogen (secondary N) is 1. The van der Waals surface area contributed by atoms with E-state index in [0.29, 0.717) is 19.3 Å². The molecule has 0 aliphatic carbocycles. The van der Waals surface area contributed by atoms with Crippen LogP contribution in [0.15, 0.2) is 18.2 Å². The average molecular weight is 261 g/mol. The van der Waals surface area contributed by atoms with Crippen LogP contribution < -0.4 is 10.3 Å². The summed E-state index contributed by atoms with van der Waals surface area (Å²) >= 11 is 0. The van der Waals surface area contributed by atoms with Crippen LogP contribution in [0.5, 0.6) is 0 Å². The summed E-state index contributed by atoms with van der Waals surface area (Å²) in [4.78, 5) is 24.8. The van der Waals surface area contributed by atoms with E-state index in [-0.39, 0.29) is 11.8 Å². The lowest BCUT2D eigenvalue weighted by Crippen LogP contribution is -2.36. The third-order valence-corrected chi connectivity index (χ3v) is 3.21. The molecule has 102 valence electrons. The molecule has 0 radical (unpaired) electrons. The molecular formula is C14H19N3O2. The van der Waals surface area contributed by atoms with E-state index >= 15 is 0 Å². The summed E-state index contributed by atoms with van der Waals surface area (Å²) in [6.07, 6.45) is 1.59. The van der Waals surface area contributed by atoms with E-state index in [1.165, 1.54) is 0 Å². The zero-order chi connectivity index (χ0) is 14.0. The van der Waals surface area contributed by atoms with E-state index in [2.05, 4.69) is 5.43 Å². The van der Waals surface area contributed by atoms with Crippen LogP contribution in [-0.2, 0) is 22.4 Å². The Morgan fingerprint density at radius 1 is 1.42 bits per heavy atom. The lowest BCUT2D eigenvalue weighted by Gasteiger charge is -2.12. The highest BCUT2D eigenvalue weighted by molar-refractivity contribution is 6.00. The fourth-order valence-electron chi connectivity index (χ4n) is 2.24. The van der Waals surface area contributed by atoms with E-state index in [1.54, 1.807) is 31.1 Å². The minimum Gasteiger partial charge on any atom is -0.315 e. The molecule has 1 aliphatic rings. The first-order valence-corrected chi connectivity index (χ1v) is 6.32. The third kappa shape index (κ3) is 3.12. The molecule has 1 heterocycles. The van der Waals surface area contributed by atoms with Gasteiger partial charge in [0, 0.05) is 33.3 Å². The van der Waals surface area contributed by atoms with Gasteiger partial charge >= 0.3 is 0 Å². The summed E-state index contributed by atoms with van der Waals surface area (Å²) in [5.74, 6) is 0.121. The number of hydrogen-bond donors (Lipinski definition) is 1. The summed E-state index contributed by atoms with van der Waals surface area (Å²) in [6.45, 7) is 0. The molecule has 0 spiro atoms. The zero-order valence-corrected chi connectivity index (χ0v) is 11.6. The summed E-state index contributed by atoms with van der Waals surface area (Å²) in [7, 11) is 5.36. The first-order chi connectivity index (χ1) is 8.97. The van der Waals surface area contributed by atoms with Crippen molar-refractivity contribution in [3.8, 4) is 0 Å². The number of amides is 2. The van der Waals surface area contributed by atoms with Crippen molar-refractivity contribution in [3.63, 3.8) is 0 Å². The van der Waals surface area contributed by atoms with Crippen LogP contribution in [0.2, 0.25) is 0 Å². The van der Waals surface area contributed by atoms with Gasteiger partial charge in [0.1, 0.15) is 0 Å². The highest BCUT2D eigenvalue weighted by Crippen LogP contribution is 2.28. The highest BCUT2D eigenvalue weighted by Gasteiger charge is 2.23. The van der Waals surface area contributed by atoms with Gasteiger partial charge in [-0.05, 0) is 23.6 Å². The van der Waals surface area contributed by atoms with Gasteiger partial charge in [0.15, 0.2) is 0 Å². The van der Waals surface area contributed by atoms with Crippen molar-refractivity contribution in [3.05, 3.63) is 29.3 Å². The molecule has 1 aliphatic heterocycles. The van der Waals surface area contributed by atoms with Crippen LogP contribution in [-0.4, -0.2) is 38.0 Å². The number of nitrogens with zero attached hydrogens (tertiary/aromatic N) is 2. The molecule has 1 aromatic carbocycles. The van der Waals surface area contributed by atoms with Crippen molar-refractivity contribution in [2.45, 2.75) is 19.3 Å². The summed E-state index contributed by atoms with van der Waals surface area (Å²) in [5, 5.41) is 1.64. The maximum atomic E-state index is 11.6. The summed E-state index contributed by atoms with van der Waals surface area (Å²) in [6, 6.07) is 5.97. The van der Waals surface area contributed by atoms with Gasteiger partial charge in [-0.2, -0.15) is 0 Å². The number of rotatable bonds is 4. The number of hydrazine groups is 1. The van der Waals surface area contributed by atoms with E-state index < -0.39 is 0 Å². The second kappa shape index (κ2) is 5.40. The SMILES string of the molecule is CN(C)NC(=O)CCc1ccc2c(c1)CC(=O)N2C. The van der Waals surface area contributed by atoms with Gasteiger partial charge in [-0.1, -0.05) is 12.1 Å². The van der Waals surface area contributed by atoms with Crippen molar-refractivity contribution in [1.82, 2.24) is 10.4 Å². The fraction of sp³-hybridized carbons (Fsp3) is 0.429. The van der Waals surface area contributed by atoms with Gasteiger partial charge in [-0.15, -0.1) is 0 Å². The van der Waals surface area contributed by atoms with E-state index in [0.717, 1.165) is 16.8 Å². The second-order valence-electron chi connectivity index (χ2n) is 5.02. The second-order valence-corrected chi connectivity index (χ2v) is 5.02. The van der Waals surface area contributed by atoms with Crippen molar-refractivity contribution in [2.24, 2.45) is 0 Å². The third-order valence-electron chi connectivity index (χ3n) is 3.21. The minimum absolute atomic E-state index is 0.00121. The molecule has 0 aromatic heterocycles. The monoisotopic (exact) mass is 261 g/mol. The van der Waals surface area contributed by atoms with Gasteiger partial charge in [-0.3, -0.25) is 15.0 Å². The molecule has 19 heavy (non-hydrogen) atoms. The van der Waals surface area contributed by atoms with Gasteiger partial charge in [0.2, 0.25) is 11.8 Å². The molecule has 1 aromatic rings. The largest absolute Gasteiger partial charge is 0.315 e. The Morgan fingerprint density at radius 3 is 2.84 bits per heavy atom. The zero-order valence-electron chi connectivity index (χ0n) is 11.6. The number of benzene rings is 1. The molecule has 0 atom stereocenters. The molecule has 0 bridgehead atoms. The predicted molar refractivity (Wildman–Crippen MR) is 73.7 cm³/mol. The lowest BCUT2D eigenvalue weighted by atomic mass is 10.0. The predicted octanol–water partition coefficient (Wildman–Crippen LogP) is 0.731. The van der Waals surface area contributed by atoms with Gasteiger partial charge in [0.05, 0.1) is 6.42 Å². The topological polar surface area (TPSA) is 52.7 Å². The number of carbonyl (C=O) groups is 2. The Hall–Kier alpha value is -1.88. The number of anilines is 1. The Bertz CT molecular complexity index is 511. The van der Waals surface area contributed by atoms with Crippen molar-refractivity contribution in [1.29, 1.82) is 0 Å². The highest BCUT2D eigenvalue weighted by atomic mass is 16.2. The Morgan fingerprint density at radius 2 is 2.16 bits per heavy atom. The molecule has 0 saturated heterocycles. The molecule has 5 heteroatoms. The average Bonchev–Trinajstić information content (AvgIpc) is 2.61. The van der Waals surface area contributed by atoms with E-state index in [1.807, 2.05) is 18.2 Å². The van der Waals surface area contributed by atoms with Crippen LogP contribution in [0.25, 0.3) is 0 Å². The standard InChI is InChI=1S/C14H19N3O2/c1-16(2)15-13(18)7-5-10-4-6-12-11(8-10)9-14(19)17(12)3/h4,6,8H,5,7,9H2,1-3H3,(H,15,18). The maximum absolute atomic E-state index is 11.6. The maximum Gasteiger partial charge on any atom is 0.234 e. The van der Waals surface area contributed by atoms with Crippen LogP contribution in [0.1, 0.15) is 17.5 Å². The Balaban J connectivity index is 1.99. The van der Waals surface area contributed by atoms with Crippen LogP contribution >= 0.6 is 0 Å². The Kier molecular flexibility index (Phi) is 3.85. The number of carbonyl (C=O) groups excluding carboxylic acids is 2. The van der Waals surface area contributed by atoms with Crippen LogP contribution in [0.4, 0.5) is 5.69 Å². The van der Waals surface area contributed by atoms with Gasteiger partial charge in [-0.25, -0.2) is 5.01 Å². The number of fused-ring (bicyclic) bond motifs is 1. The molecular weight excluding hydrogens is 242 g/mol. The molecule has 1 N–H and O–H groups in total. The lowest BCUT2D eigenvalue weighted by molar-refractivity contribution is -0.124. The van der Waals surface area contributed by atoms with E-state index in [4.69, 9.17) is 0 Å². The fourth-order valence-corrected chi connectivity index (χ4v) is 2.24. The molecule has 0 unspecified atom stereocenters. The smallest absolute Gasteiger partial charge is 0.234 e. The molecule has 5 nitrogen and oxygen atoms in total. The van der Waals surface area contributed by atoms with E-state index in [9.17, 15) is 9.59 Å². The van der Waals surface area contributed by atoms with Gasteiger partial charge in [0.25, 0.3) is 0 Å². The number of likely N-dealkylation sites (N-methyl/N-ethyl adjacent to an activating group) is 1. The summed E-state index contributed by atoms with van der Waals surface area (Å²) < 4.78 is 0. The van der Waals surface area contributed by atoms with Crippen molar-refractivity contribution in [2.75, 3.05) is 26.0 Å². The number of aryl methyl sites for hydroxylation is 1. The molecule has 2 amide bonds. The minimum atomic E-state index is -0.00121.